The molecule has 4 rings (SSSR count). The maximum atomic E-state index is 12.4. The van der Waals surface area contributed by atoms with Crippen LogP contribution < -0.4 is 15.5 Å². The molecule has 1 saturated carbocycles. The zero-order valence-electron chi connectivity index (χ0n) is 14.2. The number of benzene rings is 1. The van der Waals surface area contributed by atoms with Gasteiger partial charge in [-0.1, -0.05) is 11.2 Å². The number of aryl methyl sites for hydroxylation is 1. The molecule has 2 aliphatic rings. The van der Waals surface area contributed by atoms with E-state index in [1.807, 2.05) is 31.2 Å². The predicted octanol–water partition coefficient (Wildman–Crippen LogP) is 3.34. The minimum absolute atomic E-state index is 0.285. The Morgan fingerprint density at radius 2 is 2.04 bits per heavy atom. The van der Waals surface area contributed by atoms with Gasteiger partial charge >= 0.3 is 6.03 Å². The summed E-state index contributed by atoms with van der Waals surface area (Å²) in [5.74, 6) is 1.18. The standard InChI is InChI=1S/C18H22N4O3/c1-12-16(17(25-21-12)13-5-6-13)20-18(23)19-14-3-2-4-15(11-14)22-7-9-24-10-8-22/h2-4,11,13H,5-10H2,1H3,(H2,19,20,23). The van der Waals surface area contributed by atoms with Crippen molar-refractivity contribution in [3.05, 3.63) is 35.7 Å². The maximum Gasteiger partial charge on any atom is 0.323 e. The highest BCUT2D eigenvalue weighted by atomic mass is 16.5. The van der Waals surface area contributed by atoms with Crippen molar-refractivity contribution < 1.29 is 14.1 Å². The number of rotatable bonds is 4. The normalized spacial score (nSPS) is 17.4. The molecule has 2 N–H and O–H groups in total. The number of ether oxygens (including phenoxy) is 1. The summed E-state index contributed by atoms with van der Waals surface area (Å²) in [5.41, 5.74) is 3.24. The number of morpholine rings is 1. The predicted molar refractivity (Wildman–Crippen MR) is 95.3 cm³/mol. The van der Waals surface area contributed by atoms with E-state index >= 15 is 0 Å². The van der Waals surface area contributed by atoms with Crippen LogP contribution in [0.2, 0.25) is 0 Å². The zero-order chi connectivity index (χ0) is 17.2. The molecule has 2 fully saturated rings. The van der Waals surface area contributed by atoms with Gasteiger partial charge in [-0.25, -0.2) is 4.79 Å². The average Bonchev–Trinajstić information content (AvgIpc) is 3.41. The fourth-order valence-corrected chi connectivity index (χ4v) is 3.04. The van der Waals surface area contributed by atoms with Gasteiger partial charge in [0.2, 0.25) is 0 Å². The molecule has 2 heterocycles. The van der Waals surface area contributed by atoms with E-state index in [4.69, 9.17) is 9.26 Å². The third-order valence-electron chi connectivity index (χ3n) is 4.56. The highest BCUT2D eigenvalue weighted by Crippen LogP contribution is 2.44. The van der Waals surface area contributed by atoms with E-state index in [9.17, 15) is 4.79 Å². The molecule has 25 heavy (non-hydrogen) atoms. The third-order valence-corrected chi connectivity index (χ3v) is 4.56. The smallest absolute Gasteiger partial charge is 0.323 e. The summed E-state index contributed by atoms with van der Waals surface area (Å²) in [6.07, 6.45) is 2.18. The second-order valence-electron chi connectivity index (χ2n) is 6.51. The first kappa shape index (κ1) is 16.0. The van der Waals surface area contributed by atoms with Crippen LogP contribution in [-0.4, -0.2) is 37.5 Å². The van der Waals surface area contributed by atoms with Crippen LogP contribution in [0.25, 0.3) is 0 Å². The molecule has 7 nitrogen and oxygen atoms in total. The quantitative estimate of drug-likeness (QED) is 0.891. The summed E-state index contributed by atoms with van der Waals surface area (Å²) < 4.78 is 10.7. The number of carbonyl (C=O) groups excluding carboxylic acids is 1. The number of hydrogen-bond donors (Lipinski definition) is 2. The first-order valence-corrected chi connectivity index (χ1v) is 8.67. The molecule has 0 radical (unpaired) electrons. The number of nitrogens with zero attached hydrogens (tertiary/aromatic N) is 2. The lowest BCUT2D eigenvalue weighted by Gasteiger charge is -2.29. The Labute approximate surface area is 146 Å². The molecule has 0 atom stereocenters. The molecule has 1 aromatic heterocycles. The maximum absolute atomic E-state index is 12.4. The number of anilines is 3. The first-order chi connectivity index (χ1) is 12.2. The van der Waals surface area contributed by atoms with Crippen LogP contribution in [-0.2, 0) is 4.74 Å². The van der Waals surface area contributed by atoms with Crippen molar-refractivity contribution in [2.24, 2.45) is 0 Å². The molecule has 0 spiro atoms. The number of urea groups is 1. The molecule has 1 aliphatic heterocycles. The van der Waals surface area contributed by atoms with E-state index in [2.05, 4.69) is 20.7 Å². The SMILES string of the molecule is Cc1noc(C2CC2)c1NC(=O)Nc1cccc(N2CCOCC2)c1. The van der Waals surface area contributed by atoms with Gasteiger partial charge in [-0.15, -0.1) is 0 Å². The topological polar surface area (TPSA) is 79.6 Å². The van der Waals surface area contributed by atoms with Crippen molar-refractivity contribution in [3.63, 3.8) is 0 Å². The summed E-state index contributed by atoms with van der Waals surface area (Å²) in [7, 11) is 0. The minimum atomic E-state index is -0.285. The Balaban J connectivity index is 1.43. The number of aromatic nitrogens is 1. The third kappa shape index (κ3) is 3.61. The monoisotopic (exact) mass is 342 g/mol. The van der Waals surface area contributed by atoms with E-state index in [1.54, 1.807) is 0 Å². The van der Waals surface area contributed by atoms with Gasteiger partial charge in [0.25, 0.3) is 0 Å². The van der Waals surface area contributed by atoms with Crippen molar-refractivity contribution in [1.82, 2.24) is 5.16 Å². The summed E-state index contributed by atoms with van der Waals surface area (Å²) in [6, 6.07) is 7.57. The van der Waals surface area contributed by atoms with Crippen LogP contribution in [0.15, 0.2) is 28.8 Å². The van der Waals surface area contributed by atoms with E-state index < -0.39 is 0 Å². The first-order valence-electron chi connectivity index (χ1n) is 8.67. The summed E-state index contributed by atoms with van der Waals surface area (Å²) in [6.45, 7) is 5.02. The lowest BCUT2D eigenvalue weighted by molar-refractivity contribution is 0.122. The molecule has 1 aromatic carbocycles. The largest absolute Gasteiger partial charge is 0.378 e. The highest BCUT2D eigenvalue weighted by molar-refractivity contribution is 6.00. The molecule has 2 amide bonds. The van der Waals surface area contributed by atoms with Crippen LogP contribution in [0, 0.1) is 6.92 Å². The summed E-state index contributed by atoms with van der Waals surface area (Å²) in [4.78, 5) is 14.6. The second kappa shape index (κ2) is 6.76. The molecule has 2 aromatic rings. The Hall–Kier alpha value is -2.54. The minimum Gasteiger partial charge on any atom is -0.378 e. The number of carbonyl (C=O) groups is 1. The van der Waals surface area contributed by atoms with Gasteiger partial charge in [0, 0.05) is 30.4 Å². The van der Waals surface area contributed by atoms with E-state index in [0.29, 0.717) is 17.3 Å². The number of hydrogen-bond acceptors (Lipinski definition) is 5. The average molecular weight is 342 g/mol. The van der Waals surface area contributed by atoms with Crippen LogP contribution in [0.3, 0.4) is 0 Å². The van der Waals surface area contributed by atoms with E-state index in [-0.39, 0.29) is 6.03 Å². The van der Waals surface area contributed by atoms with Gasteiger partial charge in [0.1, 0.15) is 11.4 Å². The molecule has 0 unspecified atom stereocenters. The second-order valence-corrected chi connectivity index (χ2v) is 6.51. The van der Waals surface area contributed by atoms with Crippen LogP contribution in [0.1, 0.15) is 30.2 Å². The van der Waals surface area contributed by atoms with Crippen molar-refractivity contribution in [2.75, 3.05) is 41.8 Å². The molecular weight excluding hydrogens is 320 g/mol. The molecule has 7 heteroatoms. The Morgan fingerprint density at radius 3 is 2.80 bits per heavy atom. The number of nitrogens with one attached hydrogen (secondary N) is 2. The van der Waals surface area contributed by atoms with Gasteiger partial charge in [-0.2, -0.15) is 0 Å². The van der Waals surface area contributed by atoms with Gasteiger partial charge in [-0.05, 0) is 38.0 Å². The van der Waals surface area contributed by atoms with Gasteiger partial charge < -0.3 is 24.8 Å². The Kier molecular flexibility index (Phi) is 4.31. The Morgan fingerprint density at radius 1 is 1.24 bits per heavy atom. The summed E-state index contributed by atoms with van der Waals surface area (Å²) >= 11 is 0. The molecule has 1 saturated heterocycles. The highest BCUT2D eigenvalue weighted by Gasteiger charge is 2.32. The molecule has 1 aliphatic carbocycles. The van der Waals surface area contributed by atoms with Gasteiger partial charge in [0.05, 0.1) is 13.2 Å². The van der Waals surface area contributed by atoms with Crippen LogP contribution in [0.5, 0.6) is 0 Å². The lowest BCUT2D eigenvalue weighted by Crippen LogP contribution is -2.36. The van der Waals surface area contributed by atoms with Gasteiger partial charge in [0.15, 0.2) is 5.76 Å². The lowest BCUT2D eigenvalue weighted by atomic mass is 10.2. The molecule has 0 bridgehead atoms. The fourth-order valence-electron chi connectivity index (χ4n) is 3.04. The molecular formula is C18H22N4O3. The zero-order valence-corrected chi connectivity index (χ0v) is 14.2. The van der Waals surface area contributed by atoms with Crippen molar-refractivity contribution in [2.45, 2.75) is 25.7 Å². The van der Waals surface area contributed by atoms with Gasteiger partial charge in [-0.3, -0.25) is 0 Å². The van der Waals surface area contributed by atoms with Crippen molar-refractivity contribution >= 4 is 23.1 Å². The van der Waals surface area contributed by atoms with Crippen LogP contribution >= 0.6 is 0 Å². The fraction of sp³-hybridized carbons (Fsp3) is 0.444. The van der Waals surface area contributed by atoms with E-state index in [1.165, 1.54) is 0 Å². The van der Waals surface area contributed by atoms with Crippen molar-refractivity contribution in [3.8, 4) is 0 Å². The van der Waals surface area contributed by atoms with Crippen LogP contribution in [0.4, 0.5) is 21.9 Å². The van der Waals surface area contributed by atoms with Crippen molar-refractivity contribution in [1.29, 1.82) is 0 Å². The van der Waals surface area contributed by atoms with E-state index in [0.717, 1.165) is 56.3 Å². The summed E-state index contributed by atoms with van der Waals surface area (Å²) in [5, 5.41) is 9.76. The molecule has 132 valence electrons. The Bertz CT molecular complexity index is 763. The number of amides is 2.